The lowest BCUT2D eigenvalue weighted by Gasteiger charge is -2.09. The summed E-state index contributed by atoms with van der Waals surface area (Å²) in [6.07, 6.45) is 4.00. The molecule has 3 nitrogen and oxygen atoms in total. The van der Waals surface area contributed by atoms with Crippen molar-refractivity contribution in [2.75, 3.05) is 0 Å². The third-order valence-corrected chi connectivity index (χ3v) is 2.81. The van der Waals surface area contributed by atoms with Crippen molar-refractivity contribution in [1.29, 1.82) is 0 Å². The average molecular weight is 191 g/mol. The number of rotatable bonds is 3. The Labute approximate surface area is 82.8 Å². The van der Waals surface area contributed by atoms with Crippen molar-refractivity contribution >= 4 is 5.97 Å². The maximum atomic E-state index is 11.0. The van der Waals surface area contributed by atoms with Crippen LogP contribution in [0.25, 0.3) is 0 Å². The van der Waals surface area contributed by atoms with E-state index in [1.807, 2.05) is 19.1 Å². The molecular formula is C11H13NO2. The number of nitrogens with zero attached hydrogens (tertiary/aromatic N) is 1. The average Bonchev–Trinajstić information content (AvgIpc) is 2.85. The summed E-state index contributed by atoms with van der Waals surface area (Å²) in [4.78, 5) is 15.0. The summed E-state index contributed by atoms with van der Waals surface area (Å²) in [7, 11) is 0. The van der Waals surface area contributed by atoms with Crippen LogP contribution in [0.15, 0.2) is 18.3 Å². The van der Waals surface area contributed by atoms with Crippen LogP contribution in [0.5, 0.6) is 0 Å². The Morgan fingerprint density at radius 3 is 2.86 bits per heavy atom. The van der Waals surface area contributed by atoms with Gasteiger partial charge in [0.05, 0.1) is 5.41 Å². The summed E-state index contributed by atoms with van der Waals surface area (Å²) in [5, 5.41) is 9.02. The van der Waals surface area contributed by atoms with E-state index in [1.54, 1.807) is 6.20 Å². The number of carboxylic acids is 1. The van der Waals surface area contributed by atoms with Crippen LogP contribution in [0.3, 0.4) is 0 Å². The highest BCUT2D eigenvalue weighted by molar-refractivity contribution is 5.78. The molecule has 1 saturated carbocycles. The minimum Gasteiger partial charge on any atom is -0.481 e. The third kappa shape index (κ3) is 1.62. The fourth-order valence-corrected chi connectivity index (χ4v) is 1.72. The molecule has 0 atom stereocenters. The van der Waals surface area contributed by atoms with Crippen LogP contribution in [0.2, 0.25) is 0 Å². The minimum absolute atomic E-state index is 0.464. The number of aliphatic carboxylic acids is 1. The Bertz CT molecular complexity index is 369. The molecule has 1 aliphatic carbocycles. The fraction of sp³-hybridized carbons (Fsp3) is 0.455. The molecule has 0 aromatic carbocycles. The second-order valence-corrected chi connectivity index (χ2v) is 4.07. The van der Waals surface area contributed by atoms with E-state index in [2.05, 4.69) is 4.98 Å². The van der Waals surface area contributed by atoms with E-state index in [0.717, 1.165) is 24.1 Å². The van der Waals surface area contributed by atoms with E-state index >= 15 is 0 Å². The molecule has 14 heavy (non-hydrogen) atoms. The van der Waals surface area contributed by atoms with E-state index in [9.17, 15) is 4.79 Å². The van der Waals surface area contributed by atoms with Gasteiger partial charge in [-0.2, -0.15) is 0 Å². The Morgan fingerprint density at radius 1 is 1.64 bits per heavy atom. The summed E-state index contributed by atoms with van der Waals surface area (Å²) in [5.41, 5.74) is 1.56. The van der Waals surface area contributed by atoms with Crippen molar-refractivity contribution in [3.05, 3.63) is 29.6 Å². The first-order valence-corrected chi connectivity index (χ1v) is 4.77. The summed E-state index contributed by atoms with van der Waals surface area (Å²) in [6.45, 7) is 1.92. The van der Waals surface area contributed by atoms with E-state index < -0.39 is 11.4 Å². The Kier molecular flexibility index (Phi) is 2.02. The summed E-state index contributed by atoms with van der Waals surface area (Å²) < 4.78 is 0. The second kappa shape index (κ2) is 3.08. The predicted molar refractivity (Wildman–Crippen MR) is 52.0 cm³/mol. The number of hydrogen-bond acceptors (Lipinski definition) is 2. The molecule has 0 radical (unpaired) electrons. The van der Waals surface area contributed by atoms with E-state index in [4.69, 9.17) is 5.11 Å². The molecular weight excluding hydrogens is 178 g/mol. The zero-order chi connectivity index (χ0) is 10.2. The molecule has 2 rings (SSSR count). The van der Waals surface area contributed by atoms with Gasteiger partial charge in [-0.25, -0.2) is 0 Å². The lowest BCUT2D eigenvalue weighted by Crippen LogP contribution is -2.17. The van der Waals surface area contributed by atoms with Gasteiger partial charge in [0.2, 0.25) is 0 Å². The molecule has 1 aliphatic rings. The van der Waals surface area contributed by atoms with Gasteiger partial charge in [0.1, 0.15) is 0 Å². The largest absolute Gasteiger partial charge is 0.481 e. The van der Waals surface area contributed by atoms with Gasteiger partial charge in [-0.05, 0) is 43.9 Å². The van der Waals surface area contributed by atoms with E-state index in [1.165, 1.54) is 0 Å². The first-order chi connectivity index (χ1) is 6.62. The molecule has 1 N–H and O–H groups in total. The van der Waals surface area contributed by atoms with Crippen molar-refractivity contribution in [1.82, 2.24) is 4.98 Å². The monoisotopic (exact) mass is 191 g/mol. The normalized spacial score (nSPS) is 17.8. The molecule has 0 unspecified atom stereocenters. The van der Waals surface area contributed by atoms with Gasteiger partial charge in [0.25, 0.3) is 0 Å². The molecule has 0 amide bonds. The quantitative estimate of drug-likeness (QED) is 0.792. The van der Waals surface area contributed by atoms with Crippen molar-refractivity contribution in [3.8, 4) is 0 Å². The first-order valence-electron chi connectivity index (χ1n) is 4.77. The Hall–Kier alpha value is -1.38. The molecule has 1 aromatic heterocycles. The van der Waals surface area contributed by atoms with Crippen molar-refractivity contribution in [3.63, 3.8) is 0 Å². The highest BCUT2D eigenvalue weighted by atomic mass is 16.4. The highest BCUT2D eigenvalue weighted by Crippen LogP contribution is 2.48. The molecule has 0 spiro atoms. The standard InChI is InChI=1S/C11H13NO2/c1-8-6-9(2-5-12-8)7-11(3-4-11)10(13)14/h2,5-6H,3-4,7H2,1H3,(H,13,14). The Balaban J connectivity index is 2.15. The van der Waals surface area contributed by atoms with Crippen LogP contribution in [-0.2, 0) is 11.2 Å². The number of pyridine rings is 1. The van der Waals surface area contributed by atoms with Crippen molar-refractivity contribution in [2.24, 2.45) is 5.41 Å². The molecule has 0 aliphatic heterocycles. The van der Waals surface area contributed by atoms with Gasteiger partial charge >= 0.3 is 5.97 Å². The van der Waals surface area contributed by atoms with Crippen LogP contribution in [-0.4, -0.2) is 16.1 Å². The molecule has 1 heterocycles. The Morgan fingerprint density at radius 2 is 2.36 bits per heavy atom. The summed E-state index contributed by atoms with van der Waals surface area (Å²) >= 11 is 0. The van der Waals surface area contributed by atoms with E-state index in [-0.39, 0.29) is 0 Å². The van der Waals surface area contributed by atoms with Crippen LogP contribution in [0.4, 0.5) is 0 Å². The number of aromatic nitrogens is 1. The molecule has 0 saturated heterocycles. The van der Waals surface area contributed by atoms with Crippen LogP contribution >= 0.6 is 0 Å². The molecule has 74 valence electrons. The van der Waals surface area contributed by atoms with Crippen LogP contribution in [0, 0.1) is 12.3 Å². The predicted octanol–water partition coefficient (Wildman–Crippen LogP) is 1.80. The van der Waals surface area contributed by atoms with Crippen molar-refractivity contribution < 1.29 is 9.90 Å². The van der Waals surface area contributed by atoms with E-state index in [0.29, 0.717) is 6.42 Å². The van der Waals surface area contributed by atoms with Crippen LogP contribution < -0.4 is 0 Å². The molecule has 3 heteroatoms. The smallest absolute Gasteiger partial charge is 0.309 e. The zero-order valence-electron chi connectivity index (χ0n) is 8.16. The number of aryl methyl sites for hydroxylation is 1. The van der Waals surface area contributed by atoms with Gasteiger partial charge in [-0.1, -0.05) is 0 Å². The molecule has 1 aromatic rings. The zero-order valence-corrected chi connectivity index (χ0v) is 8.16. The van der Waals surface area contributed by atoms with Gasteiger partial charge in [-0.3, -0.25) is 9.78 Å². The summed E-state index contributed by atoms with van der Waals surface area (Å²) in [5.74, 6) is -0.660. The fourth-order valence-electron chi connectivity index (χ4n) is 1.72. The van der Waals surface area contributed by atoms with Gasteiger partial charge in [-0.15, -0.1) is 0 Å². The first kappa shape index (κ1) is 9.19. The molecule has 0 bridgehead atoms. The summed E-state index contributed by atoms with van der Waals surface area (Å²) in [6, 6.07) is 3.86. The van der Waals surface area contributed by atoms with Crippen molar-refractivity contribution in [2.45, 2.75) is 26.2 Å². The van der Waals surface area contributed by atoms with Crippen LogP contribution in [0.1, 0.15) is 24.1 Å². The lowest BCUT2D eigenvalue weighted by molar-refractivity contribution is -0.143. The second-order valence-electron chi connectivity index (χ2n) is 4.07. The third-order valence-electron chi connectivity index (χ3n) is 2.81. The lowest BCUT2D eigenvalue weighted by atomic mass is 9.97. The highest BCUT2D eigenvalue weighted by Gasteiger charge is 2.49. The van der Waals surface area contributed by atoms with Gasteiger partial charge < -0.3 is 5.11 Å². The molecule has 1 fully saturated rings. The topological polar surface area (TPSA) is 50.2 Å². The SMILES string of the molecule is Cc1cc(CC2(C(=O)O)CC2)ccn1. The number of carboxylic acid groups (broad SMARTS) is 1. The van der Waals surface area contributed by atoms with Gasteiger partial charge in [0, 0.05) is 11.9 Å². The number of carbonyl (C=O) groups is 1. The van der Waals surface area contributed by atoms with Gasteiger partial charge in [0.15, 0.2) is 0 Å². The minimum atomic E-state index is -0.660. The maximum absolute atomic E-state index is 11.0. The maximum Gasteiger partial charge on any atom is 0.309 e. The number of hydrogen-bond donors (Lipinski definition) is 1.